The molecule has 2 atom stereocenters. The molecule has 0 radical (unpaired) electrons. The van der Waals surface area contributed by atoms with Crippen LogP contribution < -0.4 is 5.32 Å². The monoisotopic (exact) mass is 308 g/mol. The SMILES string of the molecule is CCCNC(CCc1ccsc1)C(C)(CC)N1CCCC1. The highest BCUT2D eigenvalue weighted by molar-refractivity contribution is 7.07. The van der Waals surface area contributed by atoms with Gasteiger partial charge in [-0.05, 0) is 87.5 Å². The summed E-state index contributed by atoms with van der Waals surface area (Å²) in [7, 11) is 0. The van der Waals surface area contributed by atoms with Crippen molar-refractivity contribution in [3.8, 4) is 0 Å². The van der Waals surface area contributed by atoms with Gasteiger partial charge in [-0.25, -0.2) is 0 Å². The third-order valence-corrected chi connectivity index (χ3v) is 5.97. The number of hydrogen-bond acceptors (Lipinski definition) is 3. The lowest BCUT2D eigenvalue weighted by Crippen LogP contribution is -2.58. The van der Waals surface area contributed by atoms with Gasteiger partial charge in [0.25, 0.3) is 0 Å². The number of aryl methyl sites for hydroxylation is 1. The molecule has 1 aliphatic rings. The summed E-state index contributed by atoms with van der Waals surface area (Å²) in [6.45, 7) is 10.8. The quantitative estimate of drug-likeness (QED) is 0.731. The molecule has 0 amide bonds. The summed E-state index contributed by atoms with van der Waals surface area (Å²) in [6, 6.07) is 2.88. The van der Waals surface area contributed by atoms with Crippen molar-refractivity contribution >= 4 is 11.3 Å². The Bertz CT molecular complexity index is 384. The van der Waals surface area contributed by atoms with Crippen LogP contribution in [0.25, 0.3) is 0 Å². The maximum absolute atomic E-state index is 3.86. The summed E-state index contributed by atoms with van der Waals surface area (Å²) in [5.41, 5.74) is 1.81. The number of nitrogens with one attached hydrogen (secondary N) is 1. The molecule has 1 aliphatic heterocycles. The first kappa shape index (κ1) is 17.0. The molecule has 1 aromatic rings. The van der Waals surface area contributed by atoms with Crippen molar-refractivity contribution in [3.05, 3.63) is 22.4 Å². The molecule has 21 heavy (non-hydrogen) atoms. The lowest BCUT2D eigenvalue weighted by molar-refractivity contribution is 0.0804. The molecular formula is C18H32N2S. The molecule has 1 N–H and O–H groups in total. The van der Waals surface area contributed by atoms with Crippen molar-refractivity contribution in [3.63, 3.8) is 0 Å². The van der Waals surface area contributed by atoms with Crippen molar-refractivity contribution in [2.45, 2.75) is 70.9 Å². The summed E-state index contributed by atoms with van der Waals surface area (Å²) < 4.78 is 0. The molecule has 0 spiro atoms. The number of hydrogen-bond donors (Lipinski definition) is 1. The van der Waals surface area contributed by atoms with Crippen molar-refractivity contribution < 1.29 is 0 Å². The minimum absolute atomic E-state index is 0.307. The van der Waals surface area contributed by atoms with E-state index in [0.717, 1.165) is 6.54 Å². The molecule has 2 rings (SSSR count). The second-order valence-corrected chi connectivity index (χ2v) is 7.36. The molecule has 0 bridgehead atoms. The number of likely N-dealkylation sites (tertiary alicyclic amines) is 1. The highest BCUT2D eigenvalue weighted by atomic mass is 32.1. The molecule has 3 heteroatoms. The van der Waals surface area contributed by atoms with Crippen LogP contribution in [0.4, 0.5) is 0 Å². The van der Waals surface area contributed by atoms with Crippen LogP contribution in [0.2, 0.25) is 0 Å². The molecule has 1 aromatic heterocycles. The maximum atomic E-state index is 3.86. The van der Waals surface area contributed by atoms with Gasteiger partial charge in [-0.1, -0.05) is 13.8 Å². The van der Waals surface area contributed by atoms with E-state index in [1.165, 1.54) is 57.2 Å². The Labute approximate surface area is 134 Å². The average molecular weight is 309 g/mol. The van der Waals surface area contributed by atoms with E-state index in [-0.39, 0.29) is 0 Å². The predicted octanol–water partition coefficient (Wildman–Crippen LogP) is 4.31. The van der Waals surface area contributed by atoms with Gasteiger partial charge < -0.3 is 5.32 Å². The summed E-state index contributed by atoms with van der Waals surface area (Å²) in [5, 5.41) is 8.36. The van der Waals surface area contributed by atoms with Crippen LogP contribution >= 0.6 is 11.3 Å². The van der Waals surface area contributed by atoms with E-state index in [4.69, 9.17) is 0 Å². The summed E-state index contributed by atoms with van der Waals surface area (Å²) in [6.07, 6.45) is 7.65. The van der Waals surface area contributed by atoms with E-state index >= 15 is 0 Å². The van der Waals surface area contributed by atoms with Crippen molar-refractivity contribution in [1.82, 2.24) is 10.2 Å². The zero-order valence-electron chi connectivity index (χ0n) is 14.0. The van der Waals surface area contributed by atoms with Crippen LogP contribution in [0.5, 0.6) is 0 Å². The lowest BCUT2D eigenvalue weighted by Gasteiger charge is -2.45. The van der Waals surface area contributed by atoms with Gasteiger partial charge in [-0.15, -0.1) is 0 Å². The third-order valence-electron chi connectivity index (χ3n) is 5.24. The number of nitrogens with zero attached hydrogens (tertiary/aromatic N) is 1. The van der Waals surface area contributed by atoms with Gasteiger partial charge in [-0.3, -0.25) is 4.90 Å². The third kappa shape index (κ3) is 4.30. The topological polar surface area (TPSA) is 15.3 Å². The Hall–Kier alpha value is -0.380. The highest BCUT2D eigenvalue weighted by Crippen LogP contribution is 2.30. The molecule has 0 aromatic carbocycles. The van der Waals surface area contributed by atoms with Gasteiger partial charge in [0, 0.05) is 11.6 Å². The van der Waals surface area contributed by atoms with Crippen molar-refractivity contribution in [2.75, 3.05) is 19.6 Å². The van der Waals surface area contributed by atoms with E-state index in [0.29, 0.717) is 11.6 Å². The van der Waals surface area contributed by atoms with Gasteiger partial charge in [0.15, 0.2) is 0 Å². The Kier molecular flexibility index (Phi) is 6.72. The summed E-state index contributed by atoms with van der Waals surface area (Å²) in [4.78, 5) is 2.74. The minimum Gasteiger partial charge on any atom is -0.312 e. The van der Waals surface area contributed by atoms with Gasteiger partial charge in [0.2, 0.25) is 0 Å². The van der Waals surface area contributed by atoms with E-state index in [1.54, 1.807) is 0 Å². The first-order valence-corrected chi connectivity index (χ1v) is 9.64. The summed E-state index contributed by atoms with van der Waals surface area (Å²) >= 11 is 1.82. The predicted molar refractivity (Wildman–Crippen MR) is 94.2 cm³/mol. The lowest BCUT2D eigenvalue weighted by atomic mass is 9.84. The molecule has 0 aliphatic carbocycles. The molecule has 2 heterocycles. The van der Waals surface area contributed by atoms with Crippen LogP contribution in [0.1, 0.15) is 58.4 Å². The van der Waals surface area contributed by atoms with Gasteiger partial charge in [0.1, 0.15) is 0 Å². The molecule has 2 nitrogen and oxygen atoms in total. The molecular weight excluding hydrogens is 276 g/mol. The zero-order chi connectivity index (χ0) is 15.1. The van der Waals surface area contributed by atoms with Crippen LogP contribution in [0, 0.1) is 0 Å². The second kappa shape index (κ2) is 8.30. The van der Waals surface area contributed by atoms with Gasteiger partial charge in [-0.2, -0.15) is 11.3 Å². The van der Waals surface area contributed by atoms with Crippen molar-refractivity contribution in [1.29, 1.82) is 0 Å². The van der Waals surface area contributed by atoms with E-state index in [1.807, 2.05) is 11.3 Å². The van der Waals surface area contributed by atoms with E-state index in [2.05, 4.69) is 47.8 Å². The largest absolute Gasteiger partial charge is 0.312 e. The fourth-order valence-electron chi connectivity index (χ4n) is 3.62. The van der Waals surface area contributed by atoms with E-state index < -0.39 is 0 Å². The van der Waals surface area contributed by atoms with Gasteiger partial charge in [0.05, 0.1) is 0 Å². The van der Waals surface area contributed by atoms with Crippen molar-refractivity contribution in [2.24, 2.45) is 0 Å². The smallest absolute Gasteiger partial charge is 0.0331 e. The number of rotatable bonds is 9. The molecule has 2 unspecified atom stereocenters. The summed E-state index contributed by atoms with van der Waals surface area (Å²) in [5.74, 6) is 0. The Morgan fingerprint density at radius 2 is 2.10 bits per heavy atom. The van der Waals surface area contributed by atoms with Crippen LogP contribution in [0.3, 0.4) is 0 Å². The van der Waals surface area contributed by atoms with Crippen LogP contribution in [-0.4, -0.2) is 36.1 Å². The standard InChI is InChI=1S/C18H32N2S/c1-4-11-19-17(9-8-16-10-14-21-15-16)18(3,5-2)20-12-6-7-13-20/h10,14-15,17,19H,4-9,11-13H2,1-3H3. The second-order valence-electron chi connectivity index (χ2n) is 6.58. The first-order chi connectivity index (χ1) is 10.2. The Morgan fingerprint density at radius 1 is 1.33 bits per heavy atom. The molecule has 1 fully saturated rings. The van der Waals surface area contributed by atoms with Crippen LogP contribution in [0.15, 0.2) is 16.8 Å². The highest BCUT2D eigenvalue weighted by Gasteiger charge is 2.38. The number of thiophene rings is 1. The molecule has 0 saturated carbocycles. The normalized spacial score (nSPS) is 20.5. The van der Waals surface area contributed by atoms with Gasteiger partial charge >= 0.3 is 0 Å². The zero-order valence-corrected chi connectivity index (χ0v) is 14.8. The van der Waals surface area contributed by atoms with E-state index in [9.17, 15) is 0 Å². The minimum atomic E-state index is 0.307. The maximum Gasteiger partial charge on any atom is 0.0331 e. The van der Waals surface area contributed by atoms with Crippen LogP contribution in [-0.2, 0) is 6.42 Å². The Balaban J connectivity index is 2.04. The fourth-order valence-corrected chi connectivity index (χ4v) is 4.32. The Morgan fingerprint density at radius 3 is 2.67 bits per heavy atom. The fraction of sp³-hybridized carbons (Fsp3) is 0.778. The first-order valence-electron chi connectivity index (χ1n) is 8.70. The average Bonchev–Trinajstić information content (AvgIpc) is 3.20. The molecule has 1 saturated heterocycles. The molecule has 120 valence electrons.